The van der Waals surface area contributed by atoms with Gasteiger partial charge in [-0.1, -0.05) is 0 Å². The topological polar surface area (TPSA) is 12.0 Å². The third-order valence-corrected chi connectivity index (χ3v) is 3.60. The second-order valence-corrected chi connectivity index (χ2v) is 5.22. The molecule has 0 fully saturated rings. The zero-order valence-corrected chi connectivity index (χ0v) is 9.91. The van der Waals surface area contributed by atoms with Crippen molar-refractivity contribution in [2.75, 3.05) is 7.05 Å². The lowest BCUT2D eigenvalue weighted by atomic mass is 10.1. The van der Waals surface area contributed by atoms with Crippen LogP contribution in [-0.4, -0.2) is 7.05 Å². The van der Waals surface area contributed by atoms with E-state index in [9.17, 15) is 0 Å². The van der Waals surface area contributed by atoms with Crippen molar-refractivity contribution in [2.45, 2.75) is 18.9 Å². The number of hydrogen-bond donors (Lipinski definition) is 1. The Hall–Kier alpha value is -0.300. The molecule has 1 aromatic rings. The number of terminal acetylenes is 1. The zero-order valence-electron chi connectivity index (χ0n) is 7.51. The molecule has 13 heavy (non-hydrogen) atoms. The highest BCUT2D eigenvalue weighted by molar-refractivity contribution is 9.11. The third kappa shape index (κ3) is 3.15. The molecule has 0 saturated heterocycles. The summed E-state index contributed by atoms with van der Waals surface area (Å²) in [4.78, 5) is 1.34. The molecule has 0 spiro atoms. The fourth-order valence-corrected chi connectivity index (χ4v) is 2.74. The molecule has 0 aliphatic carbocycles. The van der Waals surface area contributed by atoms with Gasteiger partial charge in [-0.05, 0) is 41.5 Å². The minimum absolute atomic E-state index is 0.396. The van der Waals surface area contributed by atoms with Gasteiger partial charge in [0.15, 0.2) is 0 Å². The molecule has 1 N–H and O–H groups in total. The van der Waals surface area contributed by atoms with E-state index in [-0.39, 0.29) is 0 Å². The Balaban J connectivity index is 2.62. The van der Waals surface area contributed by atoms with Gasteiger partial charge >= 0.3 is 0 Å². The first-order valence-corrected chi connectivity index (χ1v) is 5.75. The van der Waals surface area contributed by atoms with Crippen LogP contribution < -0.4 is 5.32 Å². The number of thiophene rings is 1. The van der Waals surface area contributed by atoms with Crippen LogP contribution in [0.15, 0.2) is 15.9 Å². The molecule has 0 radical (unpaired) electrons. The molecule has 70 valence electrons. The van der Waals surface area contributed by atoms with Gasteiger partial charge in [0.05, 0.1) is 3.79 Å². The summed E-state index contributed by atoms with van der Waals surface area (Å²) in [6.45, 7) is 0. The van der Waals surface area contributed by atoms with Gasteiger partial charge in [0.25, 0.3) is 0 Å². The van der Waals surface area contributed by atoms with Crippen molar-refractivity contribution in [1.82, 2.24) is 5.32 Å². The minimum Gasteiger partial charge on any atom is -0.312 e. The van der Waals surface area contributed by atoms with Crippen molar-refractivity contribution in [1.29, 1.82) is 0 Å². The van der Waals surface area contributed by atoms with E-state index < -0.39 is 0 Å². The largest absolute Gasteiger partial charge is 0.312 e. The van der Waals surface area contributed by atoms with Gasteiger partial charge in [0.1, 0.15) is 0 Å². The highest BCUT2D eigenvalue weighted by Crippen LogP contribution is 2.29. The van der Waals surface area contributed by atoms with Gasteiger partial charge in [0.2, 0.25) is 0 Å². The van der Waals surface area contributed by atoms with Crippen LogP contribution in [0.25, 0.3) is 0 Å². The van der Waals surface area contributed by atoms with Crippen LogP contribution in [0.5, 0.6) is 0 Å². The molecule has 1 aromatic heterocycles. The van der Waals surface area contributed by atoms with Crippen molar-refractivity contribution in [3.05, 3.63) is 20.8 Å². The van der Waals surface area contributed by atoms with Crippen molar-refractivity contribution < 1.29 is 0 Å². The van der Waals surface area contributed by atoms with Crippen LogP contribution in [0.1, 0.15) is 23.8 Å². The molecular weight excluding hydrogens is 246 g/mol. The molecule has 0 aromatic carbocycles. The molecule has 0 aliphatic rings. The van der Waals surface area contributed by atoms with Crippen molar-refractivity contribution in [3.8, 4) is 12.3 Å². The van der Waals surface area contributed by atoms with E-state index >= 15 is 0 Å². The van der Waals surface area contributed by atoms with E-state index in [0.717, 1.165) is 12.8 Å². The number of halogens is 1. The summed E-state index contributed by atoms with van der Waals surface area (Å²) in [5.74, 6) is 2.66. The Labute approximate surface area is 91.7 Å². The van der Waals surface area contributed by atoms with Crippen molar-refractivity contribution in [3.63, 3.8) is 0 Å². The fourth-order valence-electron chi connectivity index (χ4n) is 1.17. The standard InChI is InChI=1S/C10H12BrNS/c1-3-4-5-8(12-2)9-6-7-10(11)13-9/h1,6-8,12H,4-5H2,2H3. The van der Waals surface area contributed by atoms with Crippen LogP contribution in [0.4, 0.5) is 0 Å². The minimum atomic E-state index is 0.396. The van der Waals surface area contributed by atoms with Crippen LogP contribution in [0.2, 0.25) is 0 Å². The van der Waals surface area contributed by atoms with Gasteiger partial charge in [0, 0.05) is 17.3 Å². The van der Waals surface area contributed by atoms with E-state index in [0.29, 0.717) is 6.04 Å². The van der Waals surface area contributed by atoms with Crippen LogP contribution in [-0.2, 0) is 0 Å². The van der Waals surface area contributed by atoms with Gasteiger partial charge in [-0.25, -0.2) is 0 Å². The maximum atomic E-state index is 5.23. The fraction of sp³-hybridized carbons (Fsp3) is 0.400. The van der Waals surface area contributed by atoms with Crippen LogP contribution in [0.3, 0.4) is 0 Å². The number of hydrogen-bond acceptors (Lipinski definition) is 2. The van der Waals surface area contributed by atoms with Gasteiger partial charge in [-0.2, -0.15) is 0 Å². The van der Waals surface area contributed by atoms with E-state index in [2.05, 4.69) is 39.3 Å². The third-order valence-electron chi connectivity index (χ3n) is 1.86. The lowest BCUT2D eigenvalue weighted by Crippen LogP contribution is -2.14. The Morgan fingerprint density at radius 2 is 2.46 bits per heavy atom. The Morgan fingerprint density at radius 3 is 2.92 bits per heavy atom. The van der Waals surface area contributed by atoms with Gasteiger partial charge < -0.3 is 5.32 Å². The van der Waals surface area contributed by atoms with Crippen LogP contribution in [0, 0.1) is 12.3 Å². The zero-order chi connectivity index (χ0) is 9.68. The maximum absolute atomic E-state index is 5.23. The molecule has 0 saturated carbocycles. The summed E-state index contributed by atoms with van der Waals surface area (Å²) in [5, 5.41) is 3.26. The summed E-state index contributed by atoms with van der Waals surface area (Å²) in [7, 11) is 1.97. The lowest BCUT2D eigenvalue weighted by Gasteiger charge is -2.11. The van der Waals surface area contributed by atoms with E-state index in [1.54, 1.807) is 11.3 Å². The molecule has 1 unspecified atom stereocenters. The molecule has 1 heterocycles. The molecule has 0 aliphatic heterocycles. The highest BCUT2D eigenvalue weighted by atomic mass is 79.9. The van der Waals surface area contributed by atoms with Crippen molar-refractivity contribution in [2.24, 2.45) is 0 Å². The molecule has 0 bridgehead atoms. The predicted octanol–water partition coefficient (Wildman–Crippen LogP) is 3.18. The first-order chi connectivity index (χ1) is 6.27. The van der Waals surface area contributed by atoms with E-state index in [4.69, 9.17) is 6.42 Å². The maximum Gasteiger partial charge on any atom is 0.0701 e. The quantitative estimate of drug-likeness (QED) is 0.818. The molecule has 1 rings (SSSR count). The number of rotatable bonds is 4. The average Bonchev–Trinajstić information content (AvgIpc) is 2.54. The number of nitrogens with one attached hydrogen (secondary N) is 1. The SMILES string of the molecule is C#CCCC(NC)c1ccc(Br)s1. The Morgan fingerprint density at radius 1 is 1.69 bits per heavy atom. The normalized spacial score (nSPS) is 12.4. The monoisotopic (exact) mass is 257 g/mol. The molecule has 1 atom stereocenters. The molecular formula is C10H12BrNS. The summed E-state index contributed by atoms with van der Waals surface area (Å²) < 4.78 is 1.17. The van der Waals surface area contributed by atoms with E-state index in [1.165, 1.54) is 8.66 Å². The second kappa shape index (κ2) is 5.43. The van der Waals surface area contributed by atoms with E-state index in [1.807, 2.05) is 7.05 Å². The Bertz CT molecular complexity index is 300. The highest BCUT2D eigenvalue weighted by Gasteiger charge is 2.09. The van der Waals surface area contributed by atoms with Crippen LogP contribution >= 0.6 is 27.3 Å². The smallest absolute Gasteiger partial charge is 0.0701 e. The molecule has 1 nitrogen and oxygen atoms in total. The second-order valence-electron chi connectivity index (χ2n) is 2.73. The first kappa shape index (κ1) is 10.8. The van der Waals surface area contributed by atoms with Gasteiger partial charge in [-0.15, -0.1) is 23.7 Å². The average molecular weight is 258 g/mol. The summed E-state index contributed by atoms with van der Waals surface area (Å²) in [6, 6.07) is 4.60. The lowest BCUT2D eigenvalue weighted by molar-refractivity contribution is 0.567. The molecule has 0 amide bonds. The Kier molecular flexibility index (Phi) is 4.51. The van der Waals surface area contributed by atoms with Gasteiger partial charge in [-0.3, -0.25) is 0 Å². The van der Waals surface area contributed by atoms with Crippen molar-refractivity contribution >= 4 is 27.3 Å². The first-order valence-electron chi connectivity index (χ1n) is 4.14. The predicted molar refractivity (Wildman–Crippen MR) is 61.9 cm³/mol. The summed E-state index contributed by atoms with van der Waals surface area (Å²) in [5.41, 5.74) is 0. The summed E-state index contributed by atoms with van der Waals surface area (Å²) >= 11 is 5.20. The summed E-state index contributed by atoms with van der Waals surface area (Å²) in [6.07, 6.45) is 7.05. The molecule has 3 heteroatoms.